The first-order chi connectivity index (χ1) is 28.8. The van der Waals surface area contributed by atoms with Gasteiger partial charge in [0.1, 0.15) is 11.2 Å². The predicted molar refractivity (Wildman–Crippen MR) is 183 cm³/mol. The molecule has 0 unspecified atom stereocenters. The molecule has 8 aromatic carbocycles. The Morgan fingerprint density at radius 1 is 0.395 bits per heavy atom. The first-order valence-corrected chi connectivity index (χ1v) is 13.3. The van der Waals surface area contributed by atoms with Gasteiger partial charge in [0.2, 0.25) is 0 Å². The quantitative estimate of drug-likeness (QED) is 0.195. The lowest BCUT2D eigenvalue weighted by atomic mass is 9.85. The summed E-state index contributed by atoms with van der Waals surface area (Å²) in [6.45, 7) is 0. The molecule has 0 fully saturated rings. The molecule has 1 heteroatoms. The van der Waals surface area contributed by atoms with Crippen molar-refractivity contribution in [3.63, 3.8) is 0 Å². The fraction of sp³-hybridized carbons (Fsp3) is 0. The number of hydrogen-bond donors (Lipinski definition) is 0. The van der Waals surface area contributed by atoms with Crippen LogP contribution in [-0.2, 0) is 0 Å². The minimum atomic E-state index is -0.639. The summed E-state index contributed by atoms with van der Waals surface area (Å²) in [4.78, 5) is 0. The summed E-state index contributed by atoms with van der Waals surface area (Å²) in [5.41, 5.74) is 0.690. The second kappa shape index (κ2) is 9.44. The highest BCUT2D eigenvalue weighted by atomic mass is 16.3. The molecule has 1 aromatic heterocycles. The number of furan rings is 1. The molecular formula is C42H26O. The molecule has 0 aliphatic carbocycles. The number of rotatable bonds is 3. The van der Waals surface area contributed by atoms with Gasteiger partial charge in [-0.1, -0.05) is 139 Å². The van der Waals surface area contributed by atoms with Gasteiger partial charge in [-0.2, -0.15) is 0 Å². The lowest BCUT2D eigenvalue weighted by Gasteiger charge is -2.18. The maximum atomic E-state index is 9.37. The normalized spacial score (nSPS) is 17.6. The van der Waals surface area contributed by atoms with Crippen LogP contribution in [-0.4, -0.2) is 0 Å². The van der Waals surface area contributed by atoms with Gasteiger partial charge in [0.25, 0.3) is 0 Å². The van der Waals surface area contributed by atoms with E-state index in [1.165, 1.54) is 24.3 Å². The molecule has 0 aliphatic rings. The Morgan fingerprint density at radius 3 is 1.70 bits per heavy atom. The van der Waals surface area contributed by atoms with Gasteiger partial charge in [0, 0.05) is 10.8 Å². The number of hydrogen-bond acceptors (Lipinski definition) is 1. The molecule has 0 aliphatic heterocycles. The van der Waals surface area contributed by atoms with E-state index in [0.717, 1.165) is 0 Å². The zero-order valence-electron chi connectivity index (χ0n) is 40.0. The third-order valence-electron chi connectivity index (χ3n) is 7.60. The molecule has 200 valence electrons. The Hall–Kier alpha value is -5.66. The summed E-state index contributed by atoms with van der Waals surface area (Å²) >= 11 is 0. The first kappa shape index (κ1) is 12.3. The van der Waals surface area contributed by atoms with Gasteiger partial charge in [0.05, 0.1) is 24.7 Å². The fourth-order valence-electron chi connectivity index (χ4n) is 5.75. The molecule has 9 rings (SSSR count). The first-order valence-electron chi connectivity index (χ1n) is 22.3. The Balaban J connectivity index is 1.38. The summed E-state index contributed by atoms with van der Waals surface area (Å²) < 4.78 is 161. The zero-order valence-corrected chi connectivity index (χ0v) is 22.0. The van der Waals surface area contributed by atoms with Crippen molar-refractivity contribution >= 4 is 54.3 Å². The maximum Gasteiger partial charge on any atom is 0.136 e. The third-order valence-corrected chi connectivity index (χ3v) is 7.60. The molecular weight excluding hydrogens is 520 g/mol. The molecule has 0 amide bonds. The number of para-hydroxylation sites is 1. The van der Waals surface area contributed by atoms with Gasteiger partial charge in [0.15, 0.2) is 0 Å². The molecule has 1 heterocycles. The summed E-state index contributed by atoms with van der Waals surface area (Å²) in [6, 6.07) is 3.62. The molecule has 43 heavy (non-hydrogen) atoms. The Labute approximate surface area is 274 Å². The molecule has 0 radical (unpaired) electrons. The van der Waals surface area contributed by atoms with Gasteiger partial charge in [-0.05, 0) is 83.8 Å². The fourth-order valence-corrected chi connectivity index (χ4v) is 5.75. The van der Waals surface area contributed by atoms with Crippen LogP contribution in [0.15, 0.2) is 162 Å². The van der Waals surface area contributed by atoms with Crippen molar-refractivity contribution in [3.8, 4) is 33.4 Å². The lowest BCUT2D eigenvalue weighted by molar-refractivity contribution is 0.669. The number of fused-ring (bicyclic) bond motifs is 6. The van der Waals surface area contributed by atoms with E-state index in [9.17, 15) is 2.74 Å². The topological polar surface area (TPSA) is 13.1 Å². The van der Waals surface area contributed by atoms with E-state index in [2.05, 4.69) is 0 Å². The molecule has 9 aromatic rings. The van der Waals surface area contributed by atoms with E-state index >= 15 is 0 Å². The second-order valence-corrected chi connectivity index (χ2v) is 9.90. The standard InChI is InChI=1S/C42H26O/c1-2-11-30-26-31(25-20-27(30)10-1)41-35-14-5-3-12-33(35)40(34-13-4-6-15-36(34)41)29-23-21-28(22-24-29)32-17-9-19-39-42(32)37-16-7-8-18-38(37)43-39/h1-26H/i1D,2D,3D,4D,5D,6D,7D,8D,9D,10D,11D,16D,17D,18D,19D,20D,25D,26D. The zero-order chi connectivity index (χ0) is 44.0. The van der Waals surface area contributed by atoms with E-state index in [-0.39, 0.29) is 84.3 Å². The summed E-state index contributed by atoms with van der Waals surface area (Å²) in [5.74, 6) is 0. The number of benzene rings is 8. The highest BCUT2D eigenvalue weighted by Crippen LogP contribution is 2.45. The van der Waals surface area contributed by atoms with Gasteiger partial charge >= 0.3 is 0 Å². The highest BCUT2D eigenvalue weighted by molar-refractivity contribution is 6.22. The maximum absolute atomic E-state index is 9.37. The van der Waals surface area contributed by atoms with Gasteiger partial charge in [-0.3, -0.25) is 0 Å². The van der Waals surface area contributed by atoms with E-state index in [1.807, 2.05) is 0 Å². The monoisotopic (exact) mass is 564 g/mol. The van der Waals surface area contributed by atoms with Crippen molar-refractivity contribution in [1.82, 2.24) is 0 Å². The smallest absolute Gasteiger partial charge is 0.136 e. The minimum Gasteiger partial charge on any atom is -0.456 e. The van der Waals surface area contributed by atoms with Crippen molar-refractivity contribution in [2.24, 2.45) is 0 Å². The summed E-state index contributed by atoms with van der Waals surface area (Å²) in [6.07, 6.45) is 0. The van der Waals surface area contributed by atoms with Crippen LogP contribution in [0.5, 0.6) is 0 Å². The van der Waals surface area contributed by atoms with Crippen LogP contribution in [0, 0.1) is 0 Å². The second-order valence-electron chi connectivity index (χ2n) is 9.90. The van der Waals surface area contributed by atoms with Crippen LogP contribution in [0.1, 0.15) is 24.7 Å². The largest absolute Gasteiger partial charge is 0.456 e. The lowest BCUT2D eigenvalue weighted by Crippen LogP contribution is -1.91. The van der Waals surface area contributed by atoms with Crippen LogP contribution in [0.2, 0.25) is 0 Å². The molecule has 0 N–H and O–H groups in total. The van der Waals surface area contributed by atoms with Crippen molar-refractivity contribution in [2.75, 3.05) is 0 Å². The molecule has 0 saturated heterocycles. The molecule has 0 atom stereocenters. The van der Waals surface area contributed by atoms with E-state index in [1.54, 1.807) is 24.3 Å². The van der Waals surface area contributed by atoms with E-state index in [4.69, 9.17) is 26.3 Å². The van der Waals surface area contributed by atoms with Crippen LogP contribution in [0.4, 0.5) is 0 Å². The van der Waals surface area contributed by atoms with Gasteiger partial charge in [-0.25, -0.2) is 0 Å². The van der Waals surface area contributed by atoms with Gasteiger partial charge in [-0.15, -0.1) is 0 Å². The molecule has 1 nitrogen and oxygen atoms in total. The molecule has 0 bridgehead atoms. The van der Waals surface area contributed by atoms with Crippen molar-refractivity contribution in [1.29, 1.82) is 0 Å². The Bertz CT molecular complexity index is 3430. The van der Waals surface area contributed by atoms with E-state index in [0.29, 0.717) is 27.5 Å². The average Bonchev–Trinajstić information content (AvgIpc) is 3.63. The highest BCUT2D eigenvalue weighted by Gasteiger charge is 2.17. The SMILES string of the molecule is [2H]c1cc2c(-c3ccc(-c4c([2H])c([2H])c([2H])c5oc6c([2H])c([2H])c([2H])c([2H])c6c45)cc3)c3cc([2H])c([2H])cc3c(-c3c([2H])c([2H])c4c([2H])c([2H])c([2H])c([2H])c4c3[2H])c2cc1[2H]. The van der Waals surface area contributed by atoms with Crippen LogP contribution < -0.4 is 0 Å². The van der Waals surface area contributed by atoms with Crippen molar-refractivity contribution in [2.45, 2.75) is 0 Å². The minimum absolute atomic E-state index is 0.0519. The van der Waals surface area contributed by atoms with Crippen LogP contribution in [0.3, 0.4) is 0 Å². The van der Waals surface area contributed by atoms with Crippen molar-refractivity contribution < 1.29 is 29.1 Å². The summed E-state index contributed by atoms with van der Waals surface area (Å²) in [5, 5.41) is 0.424. The van der Waals surface area contributed by atoms with Crippen LogP contribution in [0.25, 0.3) is 87.6 Å². The Kier molecular flexibility index (Phi) is 2.70. The predicted octanol–water partition coefficient (Wildman–Crippen LogP) is 12.0. The van der Waals surface area contributed by atoms with E-state index < -0.39 is 84.6 Å². The molecule has 0 spiro atoms. The van der Waals surface area contributed by atoms with Gasteiger partial charge < -0.3 is 4.42 Å². The average molecular weight is 565 g/mol. The third kappa shape index (κ3) is 3.72. The van der Waals surface area contributed by atoms with Crippen LogP contribution >= 0.6 is 0 Å². The summed E-state index contributed by atoms with van der Waals surface area (Å²) in [7, 11) is 0. The Morgan fingerprint density at radius 2 is 0.977 bits per heavy atom. The van der Waals surface area contributed by atoms with Crippen molar-refractivity contribution in [3.05, 3.63) is 157 Å². The molecule has 0 saturated carbocycles.